The van der Waals surface area contributed by atoms with Gasteiger partial charge in [-0.25, -0.2) is 26.0 Å². The number of unbranched alkanes of at least 4 members (excludes halogenated alkanes) is 11. The van der Waals surface area contributed by atoms with E-state index in [1.807, 2.05) is 12.1 Å². The van der Waals surface area contributed by atoms with E-state index in [1.165, 1.54) is 77.0 Å². The standard InChI is InChI=1S/C23H36ClN2.C2F6NO4S2/c1-2-3-4-5-6-7-8-9-10-11-12-13-18-25-19-20-26(21-25)23-16-14-22(24)15-17-23;3-1(4,5)14(10,11)9-15(12,13)2(6,7)8/h14-17,19-21H,2-13,18H2,1H3;/q+1;-1. The lowest BCUT2D eigenvalue weighted by Gasteiger charge is -2.22. The van der Waals surface area contributed by atoms with Crippen LogP contribution in [0.5, 0.6) is 0 Å². The highest BCUT2D eigenvalue weighted by molar-refractivity contribution is 8.13. The maximum Gasteiger partial charge on any atom is 0.480 e. The lowest BCUT2D eigenvalue weighted by molar-refractivity contribution is -0.696. The first-order valence-electron chi connectivity index (χ1n) is 13.2. The van der Waals surface area contributed by atoms with Gasteiger partial charge in [0.15, 0.2) is 20.0 Å². The van der Waals surface area contributed by atoms with E-state index < -0.39 is 31.1 Å². The molecule has 0 aliphatic carbocycles. The third kappa shape index (κ3) is 14.3. The fraction of sp³-hybridized carbons (Fsp3) is 0.640. The van der Waals surface area contributed by atoms with Crippen molar-refractivity contribution in [2.75, 3.05) is 0 Å². The van der Waals surface area contributed by atoms with Crippen molar-refractivity contribution in [1.29, 1.82) is 0 Å². The van der Waals surface area contributed by atoms with Gasteiger partial charge in [0.25, 0.3) is 0 Å². The molecule has 0 N–H and O–H groups in total. The molecule has 0 radical (unpaired) electrons. The van der Waals surface area contributed by atoms with Crippen LogP contribution >= 0.6 is 11.6 Å². The summed E-state index contributed by atoms with van der Waals surface area (Å²) in [5.74, 6) is 0. The van der Waals surface area contributed by atoms with Crippen LogP contribution in [0.25, 0.3) is 9.81 Å². The van der Waals surface area contributed by atoms with Crippen LogP contribution in [0.3, 0.4) is 0 Å². The second kappa shape index (κ2) is 17.3. The highest BCUT2D eigenvalue weighted by Gasteiger charge is 2.46. The molecule has 0 bridgehead atoms. The number of aromatic nitrogens is 2. The van der Waals surface area contributed by atoms with Crippen LogP contribution in [-0.2, 0) is 26.6 Å². The number of alkyl halides is 6. The smallest absolute Gasteiger partial charge is 0.421 e. The highest BCUT2D eigenvalue weighted by atomic mass is 35.5. The Kier molecular flexibility index (Phi) is 15.7. The van der Waals surface area contributed by atoms with Gasteiger partial charge >= 0.3 is 11.0 Å². The number of hydrogen-bond acceptors (Lipinski definition) is 4. The van der Waals surface area contributed by atoms with Crippen LogP contribution in [-0.4, -0.2) is 32.4 Å². The molecule has 0 amide bonds. The molecule has 16 heteroatoms. The molecule has 0 unspecified atom stereocenters. The van der Waals surface area contributed by atoms with Crippen LogP contribution in [0.1, 0.15) is 84.0 Å². The summed E-state index contributed by atoms with van der Waals surface area (Å²) in [6.07, 6.45) is 23.2. The van der Waals surface area contributed by atoms with Crippen LogP contribution in [0, 0.1) is 0 Å². The molecular weight excluding hydrogens is 620 g/mol. The zero-order chi connectivity index (χ0) is 31.2. The summed E-state index contributed by atoms with van der Waals surface area (Å²) in [5.41, 5.74) is -11.3. The Morgan fingerprint density at radius 1 is 0.732 bits per heavy atom. The average molecular weight is 656 g/mol. The lowest BCUT2D eigenvalue weighted by Crippen LogP contribution is -2.30. The molecule has 0 aliphatic rings. The first kappa shape index (κ1) is 37.2. The molecule has 41 heavy (non-hydrogen) atoms. The Bertz CT molecular complexity index is 1190. The second-order valence-corrected chi connectivity index (χ2v) is 13.2. The third-order valence-corrected chi connectivity index (χ3v) is 8.86. The van der Waals surface area contributed by atoms with Crippen molar-refractivity contribution in [3.05, 3.63) is 52.1 Å². The van der Waals surface area contributed by atoms with E-state index in [2.05, 4.69) is 46.9 Å². The Hall–Kier alpha value is -1.84. The average Bonchev–Trinajstić information content (AvgIpc) is 3.32. The Labute approximate surface area is 243 Å². The van der Waals surface area contributed by atoms with Gasteiger partial charge in [0.1, 0.15) is 18.1 Å². The van der Waals surface area contributed by atoms with Crippen molar-refractivity contribution >= 4 is 31.6 Å². The summed E-state index contributed by atoms with van der Waals surface area (Å²) < 4.78 is 114. The Morgan fingerprint density at radius 2 is 1.15 bits per heavy atom. The molecular formula is C25H36ClF6N3O4S2. The summed E-state index contributed by atoms with van der Waals surface area (Å²) in [5, 5.41) is 0.783. The summed E-state index contributed by atoms with van der Waals surface area (Å²) >= 11 is 5.95. The molecule has 1 heterocycles. The van der Waals surface area contributed by atoms with Gasteiger partial charge in [-0.1, -0.05) is 82.7 Å². The van der Waals surface area contributed by atoms with E-state index in [0.29, 0.717) is 0 Å². The van der Waals surface area contributed by atoms with Crippen molar-refractivity contribution in [2.45, 2.75) is 102 Å². The second-order valence-electron chi connectivity index (χ2n) is 9.34. The number of sulfonamides is 2. The minimum absolute atomic E-state index is 0.778. The zero-order valence-corrected chi connectivity index (χ0v) is 25.1. The maximum absolute atomic E-state index is 11.4. The van der Waals surface area contributed by atoms with E-state index in [0.717, 1.165) is 21.4 Å². The molecule has 0 aliphatic heterocycles. The van der Waals surface area contributed by atoms with Crippen molar-refractivity contribution in [3.63, 3.8) is 0 Å². The first-order chi connectivity index (χ1) is 19.0. The molecule has 2 aromatic rings. The van der Waals surface area contributed by atoms with Crippen molar-refractivity contribution in [1.82, 2.24) is 4.57 Å². The number of nitrogens with zero attached hydrogens (tertiary/aromatic N) is 3. The van der Waals surface area contributed by atoms with Crippen molar-refractivity contribution < 1.29 is 47.7 Å². The Morgan fingerprint density at radius 3 is 1.56 bits per heavy atom. The number of aryl methyl sites for hydroxylation is 1. The largest absolute Gasteiger partial charge is 0.480 e. The SMILES string of the molecule is CCCCCCCCCCCCCC[n+]1ccn(-c2ccc(Cl)cc2)c1.O=S(=O)([N-]S(=O)(=O)C(F)(F)F)C(F)(F)F. The molecule has 0 fully saturated rings. The predicted octanol–water partition coefficient (Wildman–Crippen LogP) is 8.18. The van der Waals surface area contributed by atoms with E-state index in [1.54, 1.807) is 0 Å². The van der Waals surface area contributed by atoms with Gasteiger partial charge in [-0.2, -0.15) is 26.3 Å². The van der Waals surface area contributed by atoms with Crippen LogP contribution in [0.2, 0.25) is 5.02 Å². The third-order valence-electron chi connectivity index (χ3n) is 5.87. The molecule has 236 valence electrons. The minimum Gasteiger partial charge on any atom is -0.421 e. The summed E-state index contributed by atoms with van der Waals surface area (Å²) in [4.78, 5) is 0. The summed E-state index contributed by atoms with van der Waals surface area (Å²) in [6.45, 7) is 3.39. The molecule has 0 spiro atoms. The molecule has 2 rings (SSSR count). The van der Waals surface area contributed by atoms with Gasteiger partial charge in [-0.05, 0) is 37.1 Å². The quantitative estimate of drug-likeness (QED) is 0.104. The van der Waals surface area contributed by atoms with Gasteiger partial charge in [-0.3, -0.25) is 0 Å². The van der Waals surface area contributed by atoms with E-state index in [-0.39, 0.29) is 0 Å². The summed E-state index contributed by atoms with van der Waals surface area (Å²) in [7, 11) is -13.4. The van der Waals surface area contributed by atoms with Gasteiger partial charge in [0.2, 0.25) is 6.33 Å². The monoisotopic (exact) mass is 655 g/mol. The fourth-order valence-electron chi connectivity index (χ4n) is 3.64. The molecule has 0 saturated heterocycles. The number of halogens is 7. The maximum atomic E-state index is 11.4. The molecule has 1 aromatic carbocycles. The van der Waals surface area contributed by atoms with E-state index in [9.17, 15) is 43.2 Å². The lowest BCUT2D eigenvalue weighted by atomic mass is 10.1. The fourth-order valence-corrected chi connectivity index (χ4v) is 5.48. The van der Waals surface area contributed by atoms with Crippen LogP contribution in [0.15, 0.2) is 43.0 Å². The topological polar surface area (TPSA) is 91.2 Å². The number of benzene rings is 1. The number of hydrogen-bond donors (Lipinski definition) is 0. The van der Waals surface area contributed by atoms with E-state index in [4.69, 9.17) is 11.6 Å². The van der Waals surface area contributed by atoms with Crippen LogP contribution < -0.4 is 4.57 Å². The van der Waals surface area contributed by atoms with Gasteiger partial charge in [0, 0.05) is 5.02 Å². The highest BCUT2D eigenvalue weighted by Crippen LogP contribution is 2.36. The zero-order valence-electron chi connectivity index (χ0n) is 22.7. The molecule has 1 aromatic heterocycles. The summed E-state index contributed by atoms with van der Waals surface area (Å²) in [6, 6.07) is 7.98. The van der Waals surface area contributed by atoms with Gasteiger partial charge in [0.05, 0.1) is 6.54 Å². The van der Waals surface area contributed by atoms with Crippen LogP contribution in [0.4, 0.5) is 26.3 Å². The molecule has 0 atom stereocenters. The normalized spacial score (nSPS) is 12.7. The Balaban J connectivity index is 0.000000479. The van der Waals surface area contributed by atoms with Gasteiger partial charge in [-0.15, -0.1) is 0 Å². The molecule has 7 nitrogen and oxygen atoms in total. The van der Waals surface area contributed by atoms with Crippen molar-refractivity contribution in [2.24, 2.45) is 0 Å². The predicted molar refractivity (Wildman–Crippen MR) is 145 cm³/mol. The minimum atomic E-state index is -6.72. The molecule has 0 saturated carbocycles. The van der Waals surface area contributed by atoms with E-state index >= 15 is 0 Å². The first-order valence-corrected chi connectivity index (χ1v) is 16.5. The van der Waals surface area contributed by atoms with Gasteiger partial charge < -0.3 is 4.13 Å². The number of imidazole rings is 1. The number of rotatable bonds is 16. The van der Waals surface area contributed by atoms with Crippen molar-refractivity contribution in [3.8, 4) is 5.69 Å².